The molecule has 1 aliphatic rings. The average molecular weight is 304 g/mol. The van der Waals surface area contributed by atoms with Crippen molar-refractivity contribution in [2.45, 2.75) is 26.7 Å². The molecule has 0 bridgehead atoms. The molecular formula is C16H24N4S. The molecule has 2 aromatic rings. The fraction of sp³-hybridized carbons (Fsp3) is 0.562. The second-order valence-electron chi connectivity index (χ2n) is 6.13. The topological polar surface area (TPSA) is 54.2 Å². The van der Waals surface area contributed by atoms with E-state index in [0.717, 1.165) is 28.4 Å². The van der Waals surface area contributed by atoms with Gasteiger partial charge in [0, 0.05) is 13.1 Å². The highest BCUT2D eigenvalue weighted by Crippen LogP contribution is 2.29. The van der Waals surface area contributed by atoms with E-state index in [1.165, 1.54) is 37.2 Å². The number of thiazole rings is 1. The van der Waals surface area contributed by atoms with E-state index in [-0.39, 0.29) is 0 Å². The first-order valence-electron chi connectivity index (χ1n) is 7.74. The summed E-state index contributed by atoms with van der Waals surface area (Å²) in [5, 5.41) is 4.59. The van der Waals surface area contributed by atoms with Gasteiger partial charge in [-0.1, -0.05) is 6.92 Å². The molecule has 0 radical (unpaired) electrons. The predicted molar refractivity (Wildman–Crippen MR) is 92.1 cm³/mol. The zero-order chi connectivity index (χ0) is 14.8. The summed E-state index contributed by atoms with van der Waals surface area (Å²) in [6, 6.07) is 4.12. The van der Waals surface area contributed by atoms with E-state index in [4.69, 9.17) is 5.73 Å². The number of nitrogens with one attached hydrogen (secondary N) is 1. The molecule has 0 saturated carbocycles. The Morgan fingerprint density at radius 1 is 1.38 bits per heavy atom. The number of likely N-dealkylation sites (tertiary alicyclic amines) is 1. The lowest BCUT2D eigenvalue weighted by atomic mass is 10.1. The van der Waals surface area contributed by atoms with Crippen LogP contribution in [-0.4, -0.2) is 36.1 Å². The zero-order valence-electron chi connectivity index (χ0n) is 12.9. The third kappa shape index (κ3) is 3.47. The molecule has 1 aliphatic heterocycles. The first-order chi connectivity index (χ1) is 10.1. The largest absolute Gasteiger partial charge is 0.397 e. The van der Waals surface area contributed by atoms with Gasteiger partial charge in [-0.05, 0) is 50.9 Å². The van der Waals surface area contributed by atoms with Gasteiger partial charge in [-0.3, -0.25) is 0 Å². The number of anilines is 2. The maximum Gasteiger partial charge on any atom is 0.0907 e. The highest BCUT2D eigenvalue weighted by molar-refractivity contribution is 7.18. The molecule has 1 unspecified atom stereocenters. The van der Waals surface area contributed by atoms with Gasteiger partial charge in [-0.2, -0.15) is 0 Å². The molecular weight excluding hydrogens is 280 g/mol. The van der Waals surface area contributed by atoms with Gasteiger partial charge in [-0.25, -0.2) is 4.98 Å². The molecule has 2 heterocycles. The number of hydrogen-bond acceptors (Lipinski definition) is 5. The van der Waals surface area contributed by atoms with Gasteiger partial charge in [-0.15, -0.1) is 11.3 Å². The van der Waals surface area contributed by atoms with Crippen LogP contribution in [-0.2, 0) is 0 Å². The Bertz CT molecular complexity index is 616. The number of aromatic nitrogens is 1. The number of nitrogens with two attached hydrogens (primary N) is 1. The summed E-state index contributed by atoms with van der Waals surface area (Å²) >= 11 is 1.70. The Morgan fingerprint density at radius 2 is 2.14 bits per heavy atom. The van der Waals surface area contributed by atoms with E-state index in [1.54, 1.807) is 11.3 Å². The van der Waals surface area contributed by atoms with Crippen molar-refractivity contribution < 1.29 is 0 Å². The van der Waals surface area contributed by atoms with E-state index in [1.807, 2.05) is 13.0 Å². The van der Waals surface area contributed by atoms with Crippen LogP contribution in [0.4, 0.5) is 11.4 Å². The summed E-state index contributed by atoms with van der Waals surface area (Å²) in [4.78, 5) is 7.10. The van der Waals surface area contributed by atoms with Crippen LogP contribution < -0.4 is 11.1 Å². The summed E-state index contributed by atoms with van der Waals surface area (Å²) in [5.74, 6) is 0.621. The summed E-state index contributed by atoms with van der Waals surface area (Å²) < 4.78 is 1.17. The van der Waals surface area contributed by atoms with Gasteiger partial charge in [0.2, 0.25) is 0 Å². The van der Waals surface area contributed by atoms with E-state index in [0.29, 0.717) is 5.92 Å². The van der Waals surface area contributed by atoms with Crippen LogP contribution >= 0.6 is 11.3 Å². The van der Waals surface area contributed by atoms with Crippen molar-refractivity contribution in [3.8, 4) is 0 Å². The number of nitrogens with zero attached hydrogens (tertiary/aromatic N) is 2. The molecule has 0 amide bonds. The Labute approximate surface area is 130 Å². The standard InChI is InChI=1S/C16H24N4S/c1-11(10-20-5-3-4-6-20)9-18-14-8-15-16(7-13(14)17)21-12(2)19-15/h7-8,11,18H,3-6,9-10,17H2,1-2H3. The van der Waals surface area contributed by atoms with Crippen molar-refractivity contribution >= 4 is 32.9 Å². The fourth-order valence-electron chi connectivity index (χ4n) is 3.01. The maximum atomic E-state index is 6.15. The highest BCUT2D eigenvalue weighted by Gasteiger charge is 2.15. The molecule has 114 valence electrons. The molecule has 0 spiro atoms. The molecule has 4 nitrogen and oxygen atoms in total. The number of benzene rings is 1. The Hall–Kier alpha value is -1.33. The van der Waals surface area contributed by atoms with Crippen LogP contribution in [0.25, 0.3) is 10.2 Å². The van der Waals surface area contributed by atoms with Gasteiger partial charge in [0.05, 0.1) is 26.6 Å². The highest BCUT2D eigenvalue weighted by atomic mass is 32.1. The molecule has 1 aromatic heterocycles. The smallest absolute Gasteiger partial charge is 0.0907 e. The Balaban J connectivity index is 1.62. The average Bonchev–Trinajstić information content (AvgIpc) is 3.04. The summed E-state index contributed by atoms with van der Waals surface area (Å²) in [7, 11) is 0. The lowest BCUT2D eigenvalue weighted by Crippen LogP contribution is -2.29. The van der Waals surface area contributed by atoms with Crippen molar-refractivity contribution in [3.05, 3.63) is 17.1 Å². The zero-order valence-corrected chi connectivity index (χ0v) is 13.7. The van der Waals surface area contributed by atoms with Crippen molar-refractivity contribution in [1.82, 2.24) is 9.88 Å². The minimum Gasteiger partial charge on any atom is -0.397 e. The summed E-state index contributed by atoms with van der Waals surface area (Å²) in [6.07, 6.45) is 2.71. The van der Waals surface area contributed by atoms with Gasteiger partial charge in [0.15, 0.2) is 0 Å². The van der Waals surface area contributed by atoms with Crippen LogP contribution in [0.5, 0.6) is 0 Å². The van der Waals surface area contributed by atoms with Crippen molar-refractivity contribution in [2.75, 3.05) is 37.2 Å². The monoisotopic (exact) mass is 304 g/mol. The minimum absolute atomic E-state index is 0.621. The van der Waals surface area contributed by atoms with Crippen LogP contribution in [0.15, 0.2) is 12.1 Å². The van der Waals surface area contributed by atoms with Crippen molar-refractivity contribution in [1.29, 1.82) is 0 Å². The lowest BCUT2D eigenvalue weighted by molar-refractivity contribution is 0.294. The molecule has 1 saturated heterocycles. The number of hydrogen-bond donors (Lipinski definition) is 2. The summed E-state index contributed by atoms with van der Waals surface area (Å²) in [6.45, 7) is 8.98. The number of nitrogen functional groups attached to an aromatic ring is 1. The molecule has 3 N–H and O–H groups in total. The van der Waals surface area contributed by atoms with Gasteiger partial charge < -0.3 is 16.0 Å². The Morgan fingerprint density at radius 3 is 2.90 bits per heavy atom. The lowest BCUT2D eigenvalue weighted by Gasteiger charge is -2.21. The first-order valence-corrected chi connectivity index (χ1v) is 8.56. The van der Waals surface area contributed by atoms with Gasteiger partial charge in [0.1, 0.15) is 0 Å². The van der Waals surface area contributed by atoms with Crippen LogP contribution in [0.1, 0.15) is 24.8 Å². The third-order valence-electron chi connectivity index (χ3n) is 4.08. The van der Waals surface area contributed by atoms with Crippen molar-refractivity contribution in [3.63, 3.8) is 0 Å². The quantitative estimate of drug-likeness (QED) is 0.832. The number of rotatable bonds is 5. The Kier molecular flexibility index (Phi) is 4.31. The maximum absolute atomic E-state index is 6.15. The second-order valence-corrected chi connectivity index (χ2v) is 7.37. The van der Waals surface area contributed by atoms with Crippen LogP contribution in [0.3, 0.4) is 0 Å². The SMILES string of the molecule is Cc1nc2cc(NCC(C)CN3CCCC3)c(N)cc2s1. The van der Waals surface area contributed by atoms with Crippen LogP contribution in [0, 0.1) is 12.8 Å². The molecule has 1 atom stereocenters. The molecule has 5 heteroatoms. The van der Waals surface area contributed by atoms with Gasteiger partial charge in [0.25, 0.3) is 0 Å². The molecule has 21 heavy (non-hydrogen) atoms. The predicted octanol–water partition coefficient (Wildman–Crippen LogP) is 3.33. The minimum atomic E-state index is 0.621. The molecule has 0 aliphatic carbocycles. The molecule has 1 fully saturated rings. The number of fused-ring (bicyclic) bond motifs is 1. The third-order valence-corrected chi connectivity index (χ3v) is 5.01. The molecule has 3 rings (SSSR count). The first kappa shape index (κ1) is 14.6. The number of aryl methyl sites for hydroxylation is 1. The normalized spacial score (nSPS) is 17.4. The van der Waals surface area contributed by atoms with E-state index >= 15 is 0 Å². The van der Waals surface area contributed by atoms with Crippen LogP contribution in [0.2, 0.25) is 0 Å². The van der Waals surface area contributed by atoms with E-state index in [2.05, 4.69) is 28.2 Å². The second kappa shape index (κ2) is 6.20. The summed E-state index contributed by atoms with van der Waals surface area (Å²) in [5.41, 5.74) is 9.03. The van der Waals surface area contributed by atoms with E-state index in [9.17, 15) is 0 Å². The fourth-order valence-corrected chi connectivity index (χ4v) is 3.87. The van der Waals surface area contributed by atoms with Crippen molar-refractivity contribution in [2.24, 2.45) is 5.92 Å². The van der Waals surface area contributed by atoms with E-state index < -0.39 is 0 Å². The van der Waals surface area contributed by atoms with Gasteiger partial charge >= 0.3 is 0 Å². The molecule has 1 aromatic carbocycles.